The molecule has 0 aliphatic carbocycles. The Bertz CT molecular complexity index is 775. The van der Waals surface area contributed by atoms with Gasteiger partial charge in [-0.1, -0.05) is 57.8 Å². The van der Waals surface area contributed by atoms with Crippen LogP contribution < -0.4 is 0 Å². The Morgan fingerprint density at radius 1 is 1.17 bits per heavy atom. The van der Waals surface area contributed by atoms with Crippen LogP contribution in [0.25, 0.3) is 0 Å². The zero-order valence-electron chi connectivity index (χ0n) is 12.1. The van der Waals surface area contributed by atoms with Gasteiger partial charge >= 0.3 is 0 Å². The average molecular weight is 349 g/mol. The van der Waals surface area contributed by atoms with Crippen molar-refractivity contribution in [3.63, 3.8) is 0 Å². The topological polar surface area (TPSA) is 54.2 Å². The van der Waals surface area contributed by atoms with E-state index in [0.717, 1.165) is 16.8 Å². The van der Waals surface area contributed by atoms with Crippen LogP contribution in [0.3, 0.4) is 0 Å². The standard InChI is InChI=1S/C17H14Cl2N2O2/c18-13-5-1-3-11(7-13)16(20-22)9-15-10-17(23-21-15)12-4-2-6-14(19)8-12/h1-8,17,22H,9-10H2/b20-16+. The van der Waals surface area contributed by atoms with Crippen LogP contribution in [-0.2, 0) is 4.84 Å². The van der Waals surface area contributed by atoms with Crippen LogP contribution in [0, 0.1) is 0 Å². The van der Waals surface area contributed by atoms with Crippen LogP contribution in [0.4, 0.5) is 0 Å². The lowest BCUT2D eigenvalue weighted by Gasteiger charge is -2.08. The first kappa shape index (κ1) is 15.8. The van der Waals surface area contributed by atoms with Crippen LogP contribution in [-0.4, -0.2) is 16.6 Å². The Kier molecular flexibility index (Phi) is 4.84. The normalized spacial score (nSPS) is 17.7. The molecule has 1 unspecified atom stereocenters. The Balaban J connectivity index is 1.69. The van der Waals surface area contributed by atoms with E-state index in [-0.39, 0.29) is 6.10 Å². The Morgan fingerprint density at radius 3 is 2.61 bits per heavy atom. The molecule has 1 N–H and O–H groups in total. The van der Waals surface area contributed by atoms with E-state index in [4.69, 9.17) is 28.0 Å². The highest BCUT2D eigenvalue weighted by Gasteiger charge is 2.24. The molecule has 0 spiro atoms. The maximum atomic E-state index is 9.28. The molecule has 0 saturated heterocycles. The second-order valence-electron chi connectivity index (χ2n) is 5.24. The summed E-state index contributed by atoms with van der Waals surface area (Å²) < 4.78 is 0. The maximum Gasteiger partial charge on any atom is 0.157 e. The van der Waals surface area contributed by atoms with Gasteiger partial charge in [0.2, 0.25) is 0 Å². The minimum atomic E-state index is -0.164. The zero-order chi connectivity index (χ0) is 16.2. The molecule has 2 aromatic carbocycles. The summed E-state index contributed by atoms with van der Waals surface area (Å²) in [5.74, 6) is 0. The highest BCUT2D eigenvalue weighted by molar-refractivity contribution is 6.31. The van der Waals surface area contributed by atoms with E-state index in [1.807, 2.05) is 36.4 Å². The number of benzene rings is 2. The number of halogens is 2. The minimum absolute atomic E-state index is 0.164. The summed E-state index contributed by atoms with van der Waals surface area (Å²) in [6.45, 7) is 0. The summed E-state index contributed by atoms with van der Waals surface area (Å²) in [7, 11) is 0. The highest BCUT2D eigenvalue weighted by Crippen LogP contribution is 2.30. The van der Waals surface area contributed by atoms with Crippen molar-refractivity contribution in [1.29, 1.82) is 0 Å². The molecule has 3 rings (SSSR count). The van der Waals surface area contributed by atoms with E-state index in [0.29, 0.717) is 28.6 Å². The molecule has 1 atom stereocenters. The molecule has 0 saturated carbocycles. The molecule has 2 aromatic rings. The van der Waals surface area contributed by atoms with E-state index in [1.54, 1.807) is 12.1 Å². The Morgan fingerprint density at radius 2 is 1.91 bits per heavy atom. The lowest BCUT2D eigenvalue weighted by molar-refractivity contribution is 0.0857. The van der Waals surface area contributed by atoms with Crippen molar-refractivity contribution >= 4 is 34.6 Å². The van der Waals surface area contributed by atoms with Crippen molar-refractivity contribution in [3.8, 4) is 0 Å². The Hall–Kier alpha value is -2.04. The molecular formula is C17H14Cl2N2O2. The monoisotopic (exact) mass is 348 g/mol. The van der Waals surface area contributed by atoms with Gasteiger partial charge in [-0.2, -0.15) is 0 Å². The summed E-state index contributed by atoms with van der Waals surface area (Å²) >= 11 is 12.0. The van der Waals surface area contributed by atoms with Crippen molar-refractivity contribution in [3.05, 3.63) is 69.7 Å². The van der Waals surface area contributed by atoms with Gasteiger partial charge in [-0.3, -0.25) is 0 Å². The molecule has 23 heavy (non-hydrogen) atoms. The van der Waals surface area contributed by atoms with E-state index >= 15 is 0 Å². The molecular weight excluding hydrogens is 335 g/mol. The van der Waals surface area contributed by atoms with Gasteiger partial charge in [0.05, 0.1) is 11.4 Å². The van der Waals surface area contributed by atoms with E-state index < -0.39 is 0 Å². The lowest BCUT2D eigenvalue weighted by atomic mass is 9.99. The summed E-state index contributed by atoms with van der Waals surface area (Å²) in [6, 6.07) is 14.7. The number of nitrogens with zero attached hydrogens (tertiary/aromatic N) is 2. The second-order valence-corrected chi connectivity index (χ2v) is 6.12. The minimum Gasteiger partial charge on any atom is -0.411 e. The molecule has 0 bridgehead atoms. The third-order valence-corrected chi connectivity index (χ3v) is 4.07. The highest BCUT2D eigenvalue weighted by atomic mass is 35.5. The SMILES string of the molecule is O/N=C(\CC1=NOC(c2cccc(Cl)c2)C1)c1cccc(Cl)c1. The van der Waals surface area contributed by atoms with Crippen molar-refractivity contribution in [2.45, 2.75) is 18.9 Å². The molecule has 0 radical (unpaired) electrons. The van der Waals surface area contributed by atoms with Crippen LogP contribution >= 0.6 is 23.2 Å². The van der Waals surface area contributed by atoms with E-state index in [9.17, 15) is 5.21 Å². The molecule has 6 heteroatoms. The van der Waals surface area contributed by atoms with E-state index in [1.165, 1.54) is 0 Å². The second kappa shape index (κ2) is 7.02. The number of rotatable bonds is 4. The number of oxime groups is 2. The first-order valence-corrected chi connectivity index (χ1v) is 7.85. The fourth-order valence-electron chi connectivity index (χ4n) is 2.47. The van der Waals surface area contributed by atoms with Crippen LogP contribution in [0.5, 0.6) is 0 Å². The van der Waals surface area contributed by atoms with Gasteiger partial charge in [-0.15, -0.1) is 0 Å². The van der Waals surface area contributed by atoms with Crippen molar-refractivity contribution in [2.75, 3.05) is 0 Å². The lowest BCUT2D eigenvalue weighted by Crippen LogP contribution is -2.09. The molecule has 1 aliphatic rings. The molecule has 0 amide bonds. The first-order valence-electron chi connectivity index (χ1n) is 7.09. The van der Waals surface area contributed by atoms with Gasteiger partial charge < -0.3 is 10.0 Å². The zero-order valence-corrected chi connectivity index (χ0v) is 13.6. The third-order valence-electron chi connectivity index (χ3n) is 3.60. The molecule has 4 nitrogen and oxygen atoms in total. The largest absolute Gasteiger partial charge is 0.411 e. The predicted octanol–water partition coefficient (Wildman–Crippen LogP) is 5.08. The van der Waals surface area contributed by atoms with Crippen LogP contribution in [0.15, 0.2) is 58.8 Å². The van der Waals surface area contributed by atoms with Crippen LogP contribution in [0.1, 0.15) is 30.1 Å². The van der Waals surface area contributed by atoms with Crippen molar-refractivity contribution in [1.82, 2.24) is 0 Å². The van der Waals surface area contributed by atoms with Gasteiger partial charge in [0, 0.05) is 28.5 Å². The fourth-order valence-corrected chi connectivity index (χ4v) is 2.86. The van der Waals surface area contributed by atoms with Gasteiger partial charge in [-0.25, -0.2) is 0 Å². The molecule has 118 valence electrons. The maximum absolute atomic E-state index is 9.28. The third kappa shape index (κ3) is 3.84. The number of hydrogen-bond acceptors (Lipinski definition) is 4. The summed E-state index contributed by atoms with van der Waals surface area (Å²) in [4.78, 5) is 5.48. The summed E-state index contributed by atoms with van der Waals surface area (Å²) in [5, 5.41) is 18.0. The Labute approximate surface area is 144 Å². The quantitative estimate of drug-likeness (QED) is 0.475. The summed E-state index contributed by atoms with van der Waals surface area (Å²) in [5.41, 5.74) is 3.04. The smallest absolute Gasteiger partial charge is 0.157 e. The van der Waals surface area contributed by atoms with Gasteiger partial charge in [-0.05, 0) is 29.8 Å². The van der Waals surface area contributed by atoms with E-state index in [2.05, 4.69) is 10.3 Å². The predicted molar refractivity (Wildman–Crippen MR) is 91.7 cm³/mol. The molecule has 0 fully saturated rings. The van der Waals surface area contributed by atoms with Gasteiger partial charge in [0.1, 0.15) is 0 Å². The molecule has 1 aliphatic heterocycles. The van der Waals surface area contributed by atoms with Crippen molar-refractivity contribution < 1.29 is 10.0 Å². The van der Waals surface area contributed by atoms with Crippen molar-refractivity contribution in [2.24, 2.45) is 10.3 Å². The van der Waals surface area contributed by atoms with Gasteiger partial charge in [0.25, 0.3) is 0 Å². The summed E-state index contributed by atoms with van der Waals surface area (Å²) in [6.07, 6.45) is 0.858. The fraction of sp³-hybridized carbons (Fsp3) is 0.176. The number of hydrogen-bond donors (Lipinski definition) is 1. The average Bonchev–Trinajstić information content (AvgIpc) is 3.01. The van der Waals surface area contributed by atoms with Crippen LogP contribution in [0.2, 0.25) is 10.0 Å². The molecule has 1 heterocycles. The first-order chi connectivity index (χ1) is 11.2. The van der Waals surface area contributed by atoms with Gasteiger partial charge in [0.15, 0.2) is 6.10 Å². The molecule has 0 aromatic heterocycles.